The molecule has 0 amide bonds. The van der Waals surface area contributed by atoms with Gasteiger partial charge in [-0.05, 0) is 30.5 Å². The lowest BCUT2D eigenvalue weighted by Gasteiger charge is -2.10. The molecule has 0 aliphatic heterocycles. The van der Waals surface area contributed by atoms with Crippen LogP contribution in [-0.2, 0) is 13.0 Å². The topological polar surface area (TPSA) is 85.0 Å². The normalized spacial score (nSPS) is 11.7. The minimum atomic E-state index is -0.0690. The minimum absolute atomic E-state index is 0.0254. The molecule has 0 aliphatic carbocycles. The number of fused-ring (bicyclic) bond motifs is 4. The first-order chi connectivity index (χ1) is 15.6. The number of nitrogens with one attached hydrogen (secondary N) is 1. The van der Waals surface area contributed by atoms with Crippen LogP contribution in [0.15, 0.2) is 58.6 Å². The van der Waals surface area contributed by atoms with Gasteiger partial charge in [0.25, 0.3) is 5.56 Å². The van der Waals surface area contributed by atoms with Crippen LogP contribution in [0.1, 0.15) is 36.2 Å². The lowest BCUT2D eigenvalue weighted by atomic mass is 10.1. The van der Waals surface area contributed by atoms with Crippen LogP contribution >= 0.6 is 11.8 Å². The third-order valence-electron chi connectivity index (χ3n) is 5.74. The Bertz CT molecular complexity index is 1530. The first kappa shape index (κ1) is 20.5. The quantitative estimate of drug-likeness (QED) is 0.295. The van der Waals surface area contributed by atoms with E-state index < -0.39 is 0 Å². The predicted molar refractivity (Wildman–Crippen MR) is 128 cm³/mol. The van der Waals surface area contributed by atoms with Gasteiger partial charge in [-0.2, -0.15) is 0 Å². The standard InChI is InChI=1S/C24H23N5O2S/c1-3-12-28-22(31)17-9-5-6-11-19(17)29-23(28)26-27-24(29)32-14-20(30)18-13-25-21-15(4-2)8-7-10-16(18)21/h5-11,13,25H,3-4,12,14H2,1-2H3. The number of ketones is 1. The van der Waals surface area contributed by atoms with Crippen molar-refractivity contribution < 1.29 is 4.79 Å². The molecule has 5 aromatic rings. The van der Waals surface area contributed by atoms with Gasteiger partial charge < -0.3 is 4.98 Å². The number of H-pyrrole nitrogens is 1. The van der Waals surface area contributed by atoms with Gasteiger partial charge in [-0.1, -0.05) is 55.9 Å². The number of thioether (sulfide) groups is 1. The zero-order chi connectivity index (χ0) is 22.2. The number of aryl methyl sites for hydroxylation is 2. The Kier molecular flexibility index (Phi) is 5.30. The maximum absolute atomic E-state index is 13.1. The van der Waals surface area contributed by atoms with E-state index in [-0.39, 0.29) is 17.1 Å². The van der Waals surface area contributed by atoms with Crippen molar-refractivity contribution in [3.63, 3.8) is 0 Å². The number of nitrogens with zero attached hydrogens (tertiary/aromatic N) is 4. The van der Waals surface area contributed by atoms with Gasteiger partial charge in [-0.15, -0.1) is 10.2 Å². The molecule has 0 fully saturated rings. The molecule has 0 saturated heterocycles. The number of aromatic nitrogens is 5. The summed E-state index contributed by atoms with van der Waals surface area (Å²) in [7, 11) is 0. The summed E-state index contributed by atoms with van der Waals surface area (Å²) in [5.41, 5.74) is 3.58. The second-order valence-corrected chi connectivity index (χ2v) is 8.64. The average Bonchev–Trinajstić information content (AvgIpc) is 3.45. The largest absolute Gasteiger partial charge is 0.360 e. The van der Waals surface area contributed by atoms with Crippen LogP contribution in [0.5, 0.6) is 0 Å². The van der Waals surface area contributed by atoms with Gasteiger partial charge in [0.2, 0.25) is 5.78 Å². The van der Waals surface area contributed by atoms with Crippen LogP contribution in [0, 0.1) is 0 Å². The summed E-state index contributed by atoms with van der Waals surface area (Å²) in [6, 6.07) is 13.5. The first-order valence-electron chi connectivity index (χ1n) is 10.8. The van der Waals surface area contributed by atoms with Crippen molar-refractivity contribution in [2.24, 2.45) is 0 Å². The van der Waals surface area contributed by atoms with E-state index in [1.54, 1.807) is 10.8 Å². The molecule has 5 rings (SSSR count). The molecule has 0 saturated carbocycles. The molecule has 162 valence electrons. The summed E-state index contributed by atoms with van der Waals surface area (Å²) in [4.78, 5) is 29.3. The molecule has 32 heavy (non-hydrogen) atoms. The molecule has 8 heteroatoms. The summed E-state index contributed by atoms with van der Waals surface area (Å²) in [5.74, 6) is 0.758. The summed E-state index contributed by atoms with van der Waals surface area (Å²) < 4.78 is 3.54. The number of aromatic amines is 1. The predicted octanol–water partition coefficient (Wildman–Crippen LogP) is 4.47. The van der Waals surface area contributed by atoms with Crippen molar-refractivity contribution in [3.8, 4) is 0 Å². The van der Waals surface area contributed by atoms with E-state index in [2.05, 4.69) is 28.2 Å². The minimum Gasteiger partial charge on any atom is -0.360 e. The molecule has 0 spiro atoms. The van der Waals surface area contributed by atoms with Gasteiger partial charge in [0.1, 0.15) is 0 Å². The number of para-hydroxylation sites is 2. The van der Waals surface area contributed by atoms with Crippen LogP contribution in [0.2, 0.25) is 0 Å². The van der Waals surface area contributed by atoms with Crippen LogP contribution in [0.25, 0.3) is 27.6 Å². The zero-order valence-corrected chi connectivity index (χ0v) is 18.8. The van der Waals surface area contributed by atoms with Crippen LogP contribution in [0.4, 0.5) is 0 Å². The molecule has 0 radical (unpaired) electrons. The Morgan fingerprint density at radius 2 is 1.88 bits per heavy atom. The number of hydrogen-bond donors (Lipinski definition) is 1. The smallest absolute Gasteiger partial charge is 0.262 e. The molecule has 0 unspecified atom stereocenters. The SMILES string of the molecule is CCCn1c(=O)c2ccccc2n2c(SCC(=O)c3c[nH]c4c(CC)cccc34)nnc12. The molecule has 1 N–H and O–H groups in total. The Morgan fingerprint density at radius 3 is 2.69 bits per heavy atom. The average molecular weight is 446 g/mol. The Morgan fingerprint density at radius 1 is 1.06 bits per heavy atom. The Labute approximate surface area is 188 Å². The molecular formula is C24H23N5O2S. The lowest BCUT2D eigenvalue weighted by molar-refractivity contribution is 0.102. The van der Waals surface area contributed by atoms with Crippen molar-refractivity contribution in [2.45, 2.75) is 38.4 Å². The van der Waals surface area contributed by atoms with Gasteiger partial charge >= 0.3 is 0 Å². The number of Topliss-reactive ketones (excluding diaryl/α,β-unsaturated/α-hetero) is 1. The molecule has 0 atom stereocenters. The molecule has 3 heterocycles. The van der Waals surface area contributed by atoms with Crippen LogP contribution in [0.3, 0.4) is 0 Å². The maximum atomic E-state index is 13.1. The number of rotatable bonds is 7. The van der Waals surface area contributed by atoms with E-state index in [1.165, 1.54) is 17.3 Å². The third kappa shape index (κ3) is 3.22. The van der Waals surface area contributed by atoms with E-state index in [0.29, 0.717) is 28.4 Å². The summed E-state index contributed by atoms with van der Waals surface area (Å²) >= 11 is 1.34. The second-order valence-electron chi connectivity index (χ2n) is 7.70. The highest BCUT2D eigenvalue weighted by atomic mass is 32.2. The van der Waals surface area contributed by atoms with Crippen molar-refractivity contribution in [1.82, 2.24) is 24.1 Å². The van der Waals surface area contributed by atoms with Gasteiger partial charge in [0, 0.05) is 29.2 Å². The lowest BCUT2D eigenvalue weighted by Crippen LogP contribution is -2.23. The highest BCUT2D eigenvalue weighted by molar-refractivity contribution is 7.99. The van der Waals surface area contributed by atoms with Crippen LogP contribution < -0.4 is 5.56 Å². The second kappa shape index (κ2) is 8.27. The monoisotopic (exact) mass is 445 g/mol. The van der Waals surface area contributed by atoms with E-state index in [9.17, 15) is 9.59 Å². The fraction of sp³-hybridized carbons (Fsp3) is 0.250. The van der Waals surface area contributed by atoms with Gasteiger partial charge in [0.15, 0.2) is 10.9 Å². The zero-order valence-electron chi connectivity index (χ0n) is 18.0. The Balaban J connectivity index is 1.53. The molecule has 7 nitrogen and oxygen atoms in total. The van der Waals surface area contributed by atoms with E-state index in [1.807, 2.05) is 47.7 Å². The molecule has 2 aromatic carbocycles. The third-order valence-corrected chi connectivity index (χ3v) is 6.67. The fourth-order valence-electron chi connectivity index (χ4n) is 4.20. The summed E-state index contributed by atoms with van der Waals surface area (Å²) in [6.45, 7) is 4.68. The van der Waals surface area contributed by atoms with E-state index in [0.717, 1.165) is 29.3 Å². The van der Waals surface area contributed by atoms with Crippen molar-refractivity contribution in [2.75, 3.05) is 5.75 Å². The molecular weight excluding hydrogens is 422 g/mol. The first-order valence-corrected chi connectivity index (χ1v) is 11.7. The number of carbonyl (C=O) groups is 1. The number of benzene rings is 2. The van der Waals surface area contributed by atoms with E-state index >= 15 is 0 Å². The van der Waals surface area contributed by atoms with Crippen molar-refractivity contribution in [1.29, 1.82) is 0 Å². The van der Waals surface area contributed by atoms with Gasteiger partial charge in [-0.25, -0.2) is 0 Å². The fourth-order valence-corrected chi connectivity index (χ4v) is 5.03. The summed E-state index contributed by atoms with van der Waals surface area (Å²) in [6.07, 6.45) is 3.50. The summed E-state index contributed by atoms with van der Waals surface area (Å²) in [5, 5.41) is 10.8. The van der Waals surface area contributed by atoms with Crippen molar-refractivity contribution >= 4 is 45.1 Å². The van der Waals surface area contributed by atoms with Crippen molar-refractivity contribution in [3.05, 3.63) is 70.1 Å². The molecule has 0 aliphatic rings. The molecule has 0 bridgehead atoms. The maximum Gasteiger partial charge on any atom is 0.262 e. The highest BCUT2D eigenvalue weighted by Gasteiger charge is 2.19. The van der Waals surface area contributed by atoms with Crippen LogP contribution in [-0.4, -0.2) is 35.7 Å². The molecule has 3 aromatic heterocycles. The highest BCUT2D eigenvalue weighted by Crippen LogP contribution is 2.26. The number of carbonyl (C=O) groups excluding carboxylic acids is 1. The van der Waals surface area contributed by atoms with Gasteiger partial charge in [-0.3, -0.25) is 18.6 Å². The van der Waals surface area contributed by atoms with E-state index in [4.69, 9.17) is 0 Å². The number of hydrogen-bond acceptors (Lipinski definition) is 5. The Hall–Kier alpha value is -3.39. The van der Waals surface area contributed by atoms with Gasteiger partial charge in [0.05, 0.1) is 16.7 Å².